The molecular weight excluding hydrogens is 200 g/mol. The Morgan fingerprint density at radius 2 is 2.25 bits per heavy atom. The van der Waals surface area contributed by atoms with Crippen molar-refractivity contribution in [3.63, 3.8) is 0 Å². The lowest BCUT2D eigenvalue weighted by atomic mass is 9.91. The first-order chi connectivity index (χ1) is 7.75. The number of hydrogen-bond acceptors (Lipinski definition) is 2. The molecule has 0 saturated carbocycles. The molecule has 2 aliphatic rings. The lowest BCUT2D eigenvalue weighted by Crippen LogP contribution is -2.43. The van der Waals surface area contributed by atoms with Crippen LogP contribution in [0.5, 0.6) is 0 Å². The van der Waals surface area contributed by atoms with Gasteiger partial charge in [-0.15, -0.1) is 0 Å². The molecule has 0 unspecified atom stereocenters. The fourth-order valence-electron chi connectivity index (χ4n) is 2.84. The Hall–Kier alpha value is -0.830. The van der Waals surface area contributed by atoms with Crippen molar-refractivity contribution in [1.29, 1.82) is 0 Å². The number of rotatable bonds is 3. The molecule has 1 saturated heterocycles. The fraction of sp³-hybridized carbons (Fsp3) is 0.769. The molecule has 3 heteroatoms. The van der Waals surface area contributed by atoms with Crippen molar-refractivity contribution in [3.8, 4) is 0 Å². The number of nitrogens with zero attached hydrogens (tertiary/aromatic N) is 1. The van der Waals surface area contributed by atoms with Gasteiger partial charge in [-0.05, 0) is 44.6 Å². The normalized spacial score (nSPS) is 31.5. The molecule has 2 rings (SSSR count). The van der Waals surface area contributed by atoms with E-state index in [2.05, 4.69) is 17.1 Å². The van der Waals surface area contributed by atoms with Gasteiger partial charge in [-0.2, -0.15) is 0 Å². The largest absolute Gasteiger partial charge is 0.369 e. The summed E-state index contributed by atoms with van der Waals surface area (Å²) in [5.41, 5.74) is 5.39. The number of piperidine rings is 1. The van der Waals surface area contributed by atoms with E-state index in [1.807, 2.05) is 0 Å². The maximum atomic E-state index is 11.2. The zero-order valence-corrected chi connectivity index (χ0v) is 9.90. The highest BCUT2D eigenvalue weighted by Crippen LogP contribution is 2.22. The number of nitrogens with two attached hydrogens (primary N) is 1. The van der Waals surface area contributed by atoms with E-state index >= 15 is 0 Å². The van der Waals surface area contributed by atoms with Gasteiger partial charge in [0.2, 0.25) is 5.91 Å². The summed E-state index contributed by atoms with van der Waals surface area (Å²) in [5.74, 6) is 0.762. The number of likely N-dealkylation sites (tertiary alicyclic amines) is 1. The van der Waals surface area contributed by atoms with Crippen molar-refractivity contribution < 1.29 is 4.79 Å². The summed E-state index contributed by atoms with van der Waals surface area (Å²) in [5, 5.41) is 0. The molecule has 3 nitrogen and oxygen atoms in total. The van der Waals surface area contributed by atoms with Gasteiger partial charge < -0.3 is 10.6 Å². The van der Waals surface area contributed by atoms with E-state index in [-0.39, 0.29) is 11.8 Å². The molecule has 1 aliphatic heterocycles. The predicted molar refractivity (Wildman–Crippen MR) is 64.8 cm³/mol. The second-order valence-corrected chi connectivity index (χ2v) is 5.15. The molecule has 0 radical (unpaired) electrons. The molecule has 1 heterocycles. The first-order valence-corrected chi connectivity index (χ1v) is 6.42. The molecule has 1 fully saturated rings. The Bertz CT molecular complexity index is 275. The maximum absolute atomic E-state index is 11.2. The summed E-state index contributed by atoms with van der Waals surface area (Å²) in [6.45, 7) is 3.17. The molecule has 16 heavy (non-hydrogen) atoms. The molecule has 1 aliphatic carbocycles. The minimum absolute atomic E-state index is 0.0906. The van der Waals surface area contributed by atoms with Gasteiger partial charge in [-0.25, -0.2) is 0 Å². The zero-order valence-electron chi connectivity index (χ0n) is 9.90. The summed E-state index contributed by atoms with van der Waals surface area (Å²) in [6, 6.07) is 0. The highest BCUT2D eigenvalue weighted by Gasteiger charge is 2.25. The number of carbonyl (C=O) groups is 1. The van der Waals surface area contributed by atoms with Crippen LogP contribution in [0.15, 0.2) is 12.2 Å². The highest BCUT2D eigenvalue weighted by atomic mass is 16.1. The molecular formula is C13H22N2O. The van der Waals surface area contributed by atoms with Gasteiger partial charge in [-0.3, -0.25) is 4.79 Å². The maximum Gasteiger partial charge on any atom is 0.221 e. The Morgan fingerprint density at radius 3 is 2.94 bits per heavy atom. The second kappa shape index (κ2) is 5.48. The van der Waals surface area contributed by atoms with Crippen molar-refractivity contribution in [3.05, 3.63) is 12.2 Å². The first kappa shape index (κ1) is 11.6. The Kier molecular flexibility index (Phi) is 3.99. The Labute approximate surface area is 97.7 Å². The van der Waals surface area contributed by atoms with Gasteiger partial charge in [-0.1, -0.05) is 12.2 Å². The van der Waals surface area contributed by atoms with Crippen LogP contribution in [0.25, 0.3) is 0 Å². The van der Waals surface area contributed by atoms with Crippen molar-refractivity contribution in [2.75, 3.05) is 19.6 Å². The Balaban J connectivity index is 1.80. The number of carbonyl (C=O) groups excluding carboxylic acids is 1. The molecule has 0 bridgehead atoms. The molecule has 0 aromatic carbocycles. The molecule has 90 valence electrons. The van der Waals surface area contributed by atoms with Gasteiger partial charge in [0, 0.05) is 13.1 Å². The number of hydrogen-bond donors (Lipinski definition) is 1. The van der Waals surface area contributed by atoms with Gasteiger partial charge in [0.05, 0.1) is 5.92 Å². The minimum Gasteiger partial charge on any atom is -0.369 e. The summed E-state index contributed by atoms with van der Waals surface area (Å²) in [7, 11) is 0. The van der Waals surface area contributed by atoms with Crippen LogP contribution in [0.2, 0.25) is 0 Å². The number of amides is 1. The van der Waals surface area contributed by atoms with Crippen LogP contribution in [0.4, 0.5) is 0 Å². The molecule has 2 atom stereocenters. The topological polar surface area (TPSA) is 46.3 Å². The summed E-state index contributed by atoms with van der Waals surface area (Å²) >= 11 is 0. The van der Waals surface area contributed by atoms with Crippen LogP contribution in [-0.4, -0.2) is 30.4 Å². The summed E-state index contributed by atoms with van der Waals surface area (Å²) in [4.78, 5) is 13.6. The van der Waals surface area contributed by atoms with Gasteiger partial charge in [0.15, 0.2) is 0 Å². The Morgan fingerprint density at radius 1 is 1.38 bits per heavy atom. The third-order valence-corrected chi connectivity index (χ3v) is 3.80. The average molecular weight is 222 g/mol. The molecule has 0 spiro atoms. The van der Waals surface area contributed by atoms with E-state index in [1.54, 1.807) is 0 Å². The molecule has 0 aromatic heterocycles. The van der Waals surface area contributed by atoms with Crippen LogP contribution in [0.1, 0.15) is 32.1 Å². The van der Waals surface area contributed by atoms with Crippen LogP contribution in [0.3, 0.4) is 0 Å². The standard InChI is InChI=1S/C13H22N2O/c14-13(16)12-7-4-8-15(10-12)9-11-5-2-1-3-6-11/h1-2,11-12H,3-10H2,(H2,14,16)/t11-,12+/m1/s1. The smallest absolute Gasteiger partial charge is 0.221 e. The molecule has 2 N–H and O–H groups in total. The third-order valence-electron chi connectivity index (χ3n) is 3.80. The van der Waals surface area contributed by atoms with E-state index in [1.165, 1.54) is 19.3 Å². The number of allylic oxidation sites excluding steroid dienone is 2. The fourth-order valence-corrected chi connectivity index (χ4v) is 2.84. The van der Waals surface area contributed by atoms with Crippen LogP contribution >= 0.6 is 0 Å². The van der Waals surface area contributed by atoms with Crippen molar-refractivity contribution in [2.24, 2.45) is 17.6 Å². The van der Waals surface area contributed by atoms with E-state index in [0.29, 0.717) is 0 Å². The van der Waals surface area contributed by atoms with Gasteiger partial charge in [0.1, 0.15) is 0 Å². The van der Waals surface area contributed by atoms with E-state index in [4.69, 9.17) is 5.73 Å². The first-order valence-electron chi connectivity index (χ1n) is 6.42. The average Bonchev–Trinajstić information content (AvgIpc) is 2.30. The van der Waals surface area contributed by atoms with Crippen LogP contribution < -0.4 is 5.73 Å². The van der Waals surface area contributed by atoms with E-state index in [9.17, 15) is 4.79 Å². The van der Waals surface area contributed by atoms with Gasteiger partial charge >= 0.3 is 0 Å². The third kappa shape index (κ3) is 3.08. The monoisotopic (exact) mass is 222 g/mol. The van der Waals surface area contributed by atoms with Crippen LogP contribution in [0, 0.1) is 11.8 Å². The minimum atomic E-state index is -0.117. The quantitative estimate of drug-likeness (QED) is 0.736. The van der Waals surface area contributed by atoms with Crippen molar-refractivity contribution in [1.82, 2.24) is 4.90 Å². The second-order valence-electron chi connectivity index (χ2n) is 5.15. The van der Waals surface area contributed by atoms with E-state index < -0.39 is 0 Å². The predicted octanol–water partition coefficient (Wildman–Crippen LogP) is 1.54. The van der Waals surface area contributed by atoms with Crippen LogP contribution in [-0.2, 0) is 4.79 Å². The lowest BCUT2D eigenvalue weighted by molar-refractivity contribution is -0.123. The van der Waals surface area contributed by atoms with Crippen molar-refractivity contribution >= 4 is 5.91 Å². The van der Waals surface area contributed by atoms with Gasteiger partial charge in [0.25, 0.3) is 0 Å². The lowest BCUT2D eigenvalue weighted by Gasteiger charge is -2.34. The van der Waals surface area contributed by atoms with E-state index in [0.717, 1.165) is 38.4 Å². The number of primary amides is 1. The SMILES string of the molecule is NC(=O)[C@H]1CCCN(C[C@@H]2CC=CCC2)C1. The summed E-state index contributed by atoms with van der Waals surface area (Å²) < 4.78 is 0. The molecule has 0 aromatic rings. The molecule has 1 amide bonds. The van der Waals surface area contributed by atoms with Crippen molar-refractivity contribution in [2.45, 2.75) is 32.1 Å². The summed E-state index contributed by atoms with van der Waals surface area (Å²) in [6.07, 6.45) is 10.4. The highest BCUT2D eigenvalue weighted by molar-refractivity contribution is 5.76. The zero-order chi connectivity index (χ0) is 11.4.